The molecular weight excluding hydrogens is 292 g/mol. The van der Waals surface area contributed by atoms with Crippen molar-refractivity contribution in [3.05, 3.63) is 42.5 Å². The molecule has 0 unspecified atom stereocenters. The van der Waals surface area contributed by atoms with Crippen LogP contribution in [0.25, 0.3) is 0 Å². The highest BCUT2D eigenvalue weighted by atomic mass is 32.2. The van der Waals surface area contributed by atoms with Crippen LogP contribution in [0.4, 0.5) is 5.69 Å². The lowest BCUT2D eigenvalue weighted by Gasteiger charge is -2.07. The van der Waals surface area contributed by atoms with E-state index in [9.17, 15) is 13.2 Å². The number of amides is 1. The van der Waals surface area contributed by atoms with Crippen molar-refractivity contribution >= 4 is 21.6 Å². The summed E-state index contributed by atoms with van der Waals surface area (Å²) in [6.07, 6.45) is 3.78. The van der Waals surface area contributed by atoms with Crippen molar-refractivity contribution in [2.24, 2.45) is 0 Å². The monoisotopic (exact) mass is 308 g/mol. The van der Waals surface area contributed by atoms with E-state index in [1.54, 1.807) is 24.5 Å². The Bertz CT molecular complexity index is 694. The number of imidazole rings is 1. The maximum Gasteiger partial charge on any atom is 0.240 e. The first-order valence-corrected chi connectivity index (χ1v) is 7.81. The molecule has 2 aromatic rings. The van der Waals surface area contributed by atoms with E-state index >= 15 is 0 Å². The molecule has 0 spiro atoms. The highest BCUT2D eigenvalue weighted by molar-refractivity contribution is 7.89. The SMILES string of the molecule is CC(=O)Nc1ccc(S(=O)(=O)NCCc2ncc[nH]2)cc1. The van der Waals surface area contributed by atoms with Crippen LogP contribution in [0.1, 0.15) is 12.7 Å². The van der Waals surface area contributed by atoms with Gasteiger partial charge in [-0.1, -0.05) is 0 Å². The minimum Gasteiger partial charge on any atom is -0.349 e. The van der Waals surface area contributed by atoms with Crippen LogP contribution in [0.15, 0.2) is 41.6 Å². The number of aromatic amines is 1. The van der Waals surface area contributed by atoms with E-state index in [0.29, 0.717) is 12.1 Å². The highest BCUT2D eigenvalue weighted by Gasteiger charge is 2.13. The third kappa shape index (κ3) is 4.40. The third-order valence-electron chi connectivity index (χ3n) is 2.69. The molecule has 0 aliphatic heterocycles. The van der Waals surface area contributed by atoms with E-state index in [2.05, 4.69) is 20.0 Å². The standard InChI is InChI=1S/C13H16N4O3S/c1-10(18)17-11-2-4-12(5-3-11)21(19,20)16-7-6-13-14-8-9-15-13/h2-5,8-9,16H,6-7H2,1H3,(H,14,15)(H,17,18). The fourth-order valence-electron chi connectivity index (χ4n) is 1.74. The molecule has 1 amide bonds. The van der Waals surface area contributed by atoms with Gasteiger partial charge in [0.1, 0.15) is 5.82 Å². The molecule has 1 aromatic carbocycles. The van der Waals surface area contributed by atoms with Gasteiger partial charge in [0.05, 0.1) is 4.90 Å². The zero-order valence-electron chi connectivity index (χ0n) is 11.5. The quantitative estimate of drug-likeness (QED) is 0.737. The minimum absolute atomic E-state index is 0.149. The summed E-state index contributed by atoms with van der Waals surface area (Å²) in [5, 5.41) is 2.58. The smallest absolute Gasteiger partial charge is 0.240 e. The number of aromatic nitrogens is 2. The summed E-state index contributed by atoms with van der Waals surface area (Å²) in [6, 6.07) is 5.98. The number of nitrogens with zero attached hydrogens (tertiary/aromatic N) is 1. The van der Waals surface area contributed by atoms with Gasteiger partial charge in [-0.15, -0.1) is 0 Å². The van der Waals surface area contributed by atoms with Crippen LogP contribution in [-0.4, -0.2) is 30.8 Å². The molecule has 2 rings (SSSR count). The second kappa shape index (κ2) is 6.51. The van der Waals surface area contributed by atoms with Crippen LogP contribution in [-0.2, 0) is 21.2 Å². The van der Waals surface area contributed by atoms with Crippen molar-refractivity contribution < 1.29 is 13.2 Å². The van der Waals surface area contributed by atoms with Gasteiger partial charge in [-0.3, -0.25) is 4.79 Å². The van der Waals surface area contributed by atoms with E-state index < -0.39 is 10.0 Å². The Morgan fingerprint density at radius 3 is 2.57 bits per heavy atom. The molecule has 1 aromatic heterocycles. The number of H-pyrrole nitrogens is 1. The van der Waals surface area contributed by atoms with Gasteiger partial charge in [0.15, 0.2) is 0 Å². The number of rotatable bonds is 6. The Balaban J connectivity index is 1.96. The molecule has 0 fully saturated rings. The molecule has 0 radical (unpaired) electrons. The van der Waals surface area contributed by atoms with Crippen molar-refractivity contribution in [3.63, 3.8) is 0 Å². The zero-order chi connectivity index (χ0) is 15.3. The van der Waals surface area contributed by atoms with E-state index in [1.165, 1.54) is 19.1 Å². The van der Waals surface area contributed by atoms with Crippen molar-refractivity contribution in [1.29, 1.82) is 0 Å². The number of sulfonamides is 1. The first-order chi connectivity index (χ1) is 9.97. The van der Waals surface area contributed by atoms with Crippen molar-refractivity contribution in [1.82, 2.24) is 14.7 Å². The number of benzene rings is 1. The summed E-state index contributed by atoms with van der Waals surface area (Å²) in [5.74, 6) is 0.515. The van der Waals surface area contributed by atoms with Crippen LogP contribution in [0, 0.1) is 0 Å². The van der Waals surface area contributed by atoms with Gasteiger partial charge in [0, 0.05) is 38.0 Å². The van der Waals surface area contributed by atoms with E-state index in [4.69, 9.17) is 0 Å². The summed E-state index contributed by atoms with van der Waals surface area (Å²) >= 11 is 0. The number of carbonyl (C=O) groups is 1. The average molecular weight is 308 g/mol. The molecule has 1 heterocycles. The highest BCUT2D eigenvalue weighted by Crippen LogP contribution is 2.13. The predicted molar refractivity (Wildman–Crippen MR) is 78.2 cm³/mol. The average Bonchev–Trinajstić information content (AvgIpc) is 2.91. The molecule has 8 heteroatoms. The minimum atomic E-state index is -3.56. The van der Waals surface area contributed by atoms with Crippen LogP contribution >= 0.6 is 0 Å². The van der Waals surface area contributed by atoms with Gasteiger partial charge in [-0.25, -0.2) is 18.1 Å². The van der Waals surface area contributed by atoms with Crippen molar-refractivity contribution in [2.45, 2.75) is 18.2 Å². The Kier molecular flexibility index (Phi) is 4.71. The molecule has 0 aliphatic carbocycles. The zero-order valence-corrected chi connectivity index (χ0v) is 12.3. The van der Waals surface area contributed by atoms with E-state index in [-0.39, 0.29) is 17.3 Å². The number of hydrogen-bond donors (Lipinski definition) is 3. The Morgan fingerprint density at radius 1 is 1.29 bits per heavy atom. The van der Waals surface area contributed by atoms with Crippen molar-refractivity contribution in [2.75, 3.05) is 11.9 Å². The van der Waals surface area contributed by atoms with E-state index in [1.807, 2.05) is 0 Å². The lowest BCUT2D eigenvalue weighted by molar-refractivity contribution is -0.114. The molecule has 0 bridgehead atoms. The first-order valence-electron chi connectivity index (χ1n) is 6.33. The van der Waals surface area contributed by atoms with Gasteiger partial charge >= 0.3 is 0 Å². The van der Waals surface area contributed by atoms with E-state index in [0.717, 1.165) is 5.82 Å². The van der Waals surface area contributed by atoms with Crippen molar-refractivity contribution in [3.8, 4) is 0 Å². The molecule has 3 N–H and O–H groups in total. The molecule has 21 heavy (non-hydrogen) atoms. The first kappa shape index (κ1) is 15.2. The third-order valence-corrected chi connectivity index (χ3v) is 4.17. The fourth-order valence-corrected chi connectivity index (χ4v) is 2.77. The summed E-state index contributed by atoms with van der Waals surface area (Å²) in [4.78, 5) is 18.0. The summed E-state index contributed by atoms with van der Waals surface area (Å²) in [6.45, 7) is 1.64. The van der Waals surface area contributed by atoms with Crippen LogP contribution < -0.4 is 10.0 Å². The van der Waals surface area contributed by atoms with Crippen LogP contribution in [0.3, 0.4) is 0 Å². The predicted octanol–water partition coefficient (Wildman–Crippen LogP) is 0.889. The lowest BCUT2D eigenvalue weighted by atomic mass is 10.3. The summed E-state index contributed by atoms with van der Waals surface area (Å²) < 4.78 is 26.6. The molecule has 0 saturated carbocycles. The van der Waals surface area contributed by atoms with Gasteiger partial charge in [-0.2, -0.15) is 0 Å². The van der Waals surface area contributed by atoms with Gasteiger partial charge in [-0.05, 0) is 24.3 Å². The topological polar surface area (TPSA) is 104 Å². The summed E-state index contributed by atoms with van der Waals surface area (Å²) in [5.41, 5.74) is 0.553. The lowest BCUT2D eigenvalue weighted by Crippen LogP contribution is -2.26. The second-order valence-corrected chi connectivity index (χ2v) is 6.16. The molecule has 0 atom stereocenters. The molecule has 7 nitrogen and oxygen atoms in total. The van der Waals surface area contributed by atoms with Gasteiger partial charge in [0.25, 0.3) is 0 Å². The number of hydrogen-bond acceptors (Lipinski definition) is 4. The van der Waals surface area contributed by atoms with Gasteiger partial charge in [0.2, 0.25) is 15.9 Å². The largest absolute Gasteiger partial charge is 0.349 e. The Morgan fingerprint density at radius 2 is 2.00 bits per heavy atom. The van der Waals surface area contributed by atoms with Crippen LogP contribution in [0.2, 0.25) is 0 Å². The maximum atomic E-state index is 12.1. The molecule has 0 aliphatic rings. The summed E-state index contributed by atoms with van der Waals surface area (Å²) in [7, 11) is -3.56. The van der Waals surface area contributed by atoms with Gasteiger partial charge < -0.3 is 10.3 Å². The normalized spacial score (nSPS) is 11.3. The molecule has 0 saturated heterocycles. The molecular formula is C13H16N4O3S. The molecule has 112 valence electrons. The maximum absolute atomic E-state index is 12.1. The Labute approximate surface area is 122 Å². The van der Waals surface area contributed by atoms with Crippen LogP contribution in [0.5, 0.6) is 0 Å². The second-order valence-electron chi connectivity index (χ2n) is 4.39. The number of nitrogens with one attached hydrogen (secondary N) is 3. The fraction of sp³-hybridized carbons (Fsp3) is 0.231. The number of anilines is 1. The number of carbonyl (C=O) groups excluding carboxylic acids is 1. The Hall–Kier alpha value is -2.19.